The molecule has 0 aliphatic heterocycles. The monoisotopic (exact) mass is 441 g/mol. The van der Waals surface area contributed by atoms with Gasteiger partial charge in [0.15, 0.2) is 11.3 Å². The molecular weight excluding hydrogens is 422 g/mol. The van der Waals surface area contributed by atoms with Gasteiger partial charge in [-0.25, -0.2) is 4.79 Å². The molecule has 31 heavy (non-hydrogen) atoms. The van der Waals surface area contributed by atoms with Crippen molar-refractivity contribution in [3.05, 3.63) is 76.9 Å². The number of hydrogen-bond acceptors (Lipinski definition) is 6. The molecule has 8 nitrogen and oxygen atoms in total. The summed E-state index contributed by atoms with van der Waals surface area (Å²) >= 11 is 6.21. The molecule has 0 radical (unpaired) electrons. The van der Waals surface area contributed by atoms with Gasteiger partial charge in [0.1, 0.15) is 0 Å². The van der Waals surface area contributed by atoms with E-state index >= 15 is 0 Å². The van der Waals surface area contributed by atoms with Crippen LogP contribution in [0.5, 0.6) is 5.88 Å². The molecule has 1 heterocycles. The predicted molar refractivity (Wildman–Crippen MR) is 114 cm³/mol. The maximum Gasteiger partial charge on any atom is 0.340 e. The van der Waals surface area contributed by atoms with Crippen molar-refractivity contribution in [2.75, 3.05) is 0 Å². The number of nitrogens with zero attached hydrogens (tertiary/aromatic N) is 2. The number of hydrogen-bond donors (Lipinski definition) is 4. The summed E-state index contributed by atoms with van der Waals surface area (Å²) in [6.07, 6.45) is -0.287. The molecule has 0 aliphatic rings. The Morgan fingerprint density at radius 1 is 1.06 bits per heavy atom. The number of nitrogens with one attached hydrogen (secondary N) is 1. The topological polar surface area (TPSA) is 133 Å². The third-order valence-electron chi connectivity index (χ3n) is 4.76. The molecule has 0 fully saturated rings. The first-order chi connectivity index (χ1) is 14.7. The Morgan fingerprint density at radius 2 is 1.74 bits per heavy atom. The van der Waals surface area contributed by atoms with Crippen molar-refractivity contribution < 1.29 is 24.9 Å². The van der Waals surface area contributed by atoms with E-state index in [0.717, 1.165) is 11.1 Å². The molecule has 2 aromatic carbocycles. The van der Waals surface area contributed by atoms with Gasteiger partial charge in [-0.15, -0.1) is 10.2 Å². The lowest BCUT2D eigenvalue weighted by Gasteiger charge is -2.27. The van der Waals surface area contributed by atoms with Crippen molar-refractivity contribution >= 4 is 23.5 Å². The number of aromatic nitrogens is 2. The van der Waals surface area contributed by atoms with Gasteiger partial charge in [0.25, 0.3) is 5.91 Å². The number of aliphatic hydroxyl groups is 1. The standard InChI is InChI=1S/C22H20ClN3O5/c1-13(24-20(28)18-10-11-19(27)26-25-18)12-22(31,21(29)30)15-8-6-14(7-9-15)16-4-2-3-5-17(16)23/h2-11,13,31H,12H2,1H3,(H,24,28)(H,26,27)(H,29,30). The highest BCUT2D eigenvalue weighted by molar-refractivity contribution is 6.33. The highest BCUT2D eigenvalue weighted by Gasteiger charge is 2.39. The number of carbonyl (C=O) groups is 2. The summed E-state index contributed by atoms with van der Waals surface area (Å²) in [6, 6.07) is 15.4. The fourth-order valence-corrected chi connectivity index (χ4v) is 3.43. The van der Waals surface area contributed by atoms with E-state index < -0.39 is 23.5 Å². The summed E-state index contributed by atoms with van der Waals surface area (Å²) in [5, 5.41) is 39.9. The third kappa shape index (κ3) is 4.99. The van der Waals surface area contributed by atoms with E-state index in [1.165, 1.54) is 24.3 Å². The molecular formula is C22H20ClN3O5. The summed E-state index contributed by atoms with van der Waals surface area (Å²) in [7, 11) is 0. The zero-order chi connectivity index (χ0) is 22.6. The molecule has 1 aromatic heterocycles. The minimum atomic E-state index is -2.23. The van der Waals surface area contributed by atoms with Gasteiger partial charge >= 0.3 is 5.97 Å². The van der Waals surface area contributed by atoms with E-state index in [4.69, 9.17) is 16.7 Å². The van der Waals surface area contributed by atoms with Crippen molar-refractivity contribution in [2.24, 2.45) is 0 Å². The van der Waals surface area contributed by atoms with Crippen LogP contribution in [-0.2, 0) is 10.4 Å². The van der Waals surface area contributed by atoms with Gasteiger partial charge in [0, 0.05) is 29.1 Å². The van der Waals surface area contributed by atoms with Crippen LogP contribution in [0.1, 0.15) is 29.4 Å². The highest BCUT2D eigenvalue weighted by Crippen LogP contribution is 2.32. The van der Waals surface area contributed by atoms with Crippen LogP contribution < -0.4 is 5.32 Å². The molecule has 0 aliphatic carbocycles. The third-order valence-corrected chi connectivity index (χ3v) is 5.09. The summed E-state index contributed by atoms with van der Waals surface area (Å²) in [4.78, 5) is 24.2. The molecule has 1 amide bonds. The number of rotatable bonds is 7. The number of halogens is 1. The molecule has 0 saturated carbocycles. The van der Waals surface area contributed by atoms with Crippen LogP contribution in [0.15, 0.2) is 60.7 Å². The van der Waals surface area contributed by atoms with Crippen LogP contribution in [0.2, 0.25) is 5.02 Å². The SMILES string of the molecule is CC(CC(O)(C(=O)O)c1ccc(-c2ccccc2Cl)cc1)NC(=O)c1ccc(O)nn1. The summed E-state index contributed by atoms with van der Waals surface area (Å²) in [5.41, 5.74) is -0.555. The Kier molecular flexibility index (Phi) is 6.53. The number of carboxylic acids is 1. The van der Waals surface area contributed by atoms with Crippen LogP contribution in [0.25, 0.3) is 11.1 Å². The van der Waals surface area contributed by atoms with Crippen molar-refractivity contribution in [1.29, 1.82) is 0 Å². The van der Waals surface area contributed by atoms with Crippen molar-refractivity contribution in [2.45, 2.75) is 25.0 Å². The van der Waals surface area contributed by atoms with Crippen LogP contribution in [0.3, 0.4) is 0 Å². The number of aromatic hydroxyl groups is 1. The highest BCUT2D eigenvalue weighted by atomic mass is 35.5. The van der Waals surface area contributed by atoms with E-state index in [-0.39, 0.29) is 23.6 Å². The van der Waals surface area contributed by atoms with Crippen LogP contribution in [0.4, 0.5) is 0 Å². The lowest BCUT2D eigenvalue weighted by atomic mass is 9.86. The number of carboxylic acid groups (broad SMARTS) is 1. The first-order valence-corrected chi connectivity index (χ1v) is 9.73. The fourth-order valence-electron chi connectivity index (χ4n) is 3.19. The number of carbonyl (C=O) groups excluding carboxylic acids is 1. The van der Waals surface area contributed by atoms with Gasteiger partial charge in [0.2, 0.25) is 5.88 Å². The molecule has 3 aromatic rings. The average Bonchev–Trinajstić information content (AvgIpc) is 2.74. The zero-order valence-corrected chi connectivity index (χ0v) is 17.2. The lowest BCUT2D eigenvalue weighted by Crippen LogP contribution is -2.44. The van der Waals surface area contributed by atoms with Gasteiger partial charge in [-0.3, -0.25) is 4.79 Å². The maximum atomic E-state index is 12.3. The summed E-state index contributed by atoms with van der Waals surface area (Å²) in [6.45, 7) is 1.57. The molecule has 160 valence electrons. The molecule has 3 rings (SSSR count). The molecule has 0 bridgehead atoms. The first-order valence-electron chi connectivity index (χ1n) is 9.35. The Hall–Kier alpha value is -3.49. The van der Waals surface area contributed by atoms with E-state index in [9.17, 15) is 19.8 Å². The Bertz CT molecular complexity index is 1090. The van der Waals surface area contributed by atoms with Gasteiger partial charge < -0.3 is 20.6 Å². The Morgan fingerprint density at radius 3 is 2.32 bits per heavy atom. The van der Waals surface area contributed by atoms with Gasteiger partial charge in [-0.05, 0) is 30.2 Å². The van der Waals surface area contributed by atoms with Crippen LogP contribution in [0, 0.1) is 0 Å². The molecule has 2 unspecified atom stereocenters. The zero-order valence-electron chi connectivity index (χ0n) is 16.5. The predicted octanol–water partition coefficient (Wildman–Crippen LogP) is 2.98. The normalized spacial score (nSPS) is 13.8. The maximum absolute atomic E-state index is 12.3. The van der Waals surface area contributed by atoms with E-state index in [1.54, 1.807) is 25.1 Å². The second-order valence-corrected chi connectivity index (χ2v) is 7.49. The van der Waals surface area contributed by atoms with E-state index in [2.05, 4.69) is 15.5 Å². The number of amides is 1. The first kappa shape index (κ1) is 22.2. The molecule has 0 spiro atoms. The second-order valence-electron chi connectivity index (χ2n) is 7.08. The molecule has 9 heteroatoms. The summed E-state index contributed by atoms with van der Waals surface area (Å²) in [5.74, 6) is -2.38. The number of aliphatic carboxylic acids is 1. The van der Waals surface area contributed by atoms with E-state index in [0.29, 0.717) is 5.02 Å². The van der Waals surface area contributed by atoms with Crippen molar-refractivity contribution in [3.8, 4) is 17.0 Å². The van der Waals surface area contributed by atoms with Crippen molar-refractivity contribution in [3.63, 3.8) is 0 Å². The van der Waals surface area contributed by atoms with Crippen LogP contribution >= 0.6 is 11.6 Å². The van der Waals surface area contributed by atoms with Crippen LogP contribution in [-0.4, -0.2) is 43.4 Å². The Labute approximate surface area is 183 Å². The Balaban J connectivity index is 1.78. The molecule has 4 N–H and O–H groups in total. The fraction of sp³-hybridized carbons (Fsp3) is 0.182. The number of benzene rings is 2. The summed E-state index contributed by atoms with van der Waals surface area (Å²) < 4.78 is 0. The largest absolute Gasteiger partial charge is 0.492 e. The quantitative estimate of drug-likeness (QED) is 0.443. The average molecular weight is 442 g/mol. The van der Waals surface area contributed by atoms with Crippen molar-refractivity contribution in [1.82, 2.24) is 15.5 Å². The van der Waals surface area contributed by atoms with Gasteiger partial charge in [-0.1, -0.05) is 54.1 Å². The minimum Gasteiger partial charge on any atom is -0.492 e. The van der Waals surface area contributed by atoms with Gasteiger partial charge in [-0.2, -0.15) is 0 Å². The van der Waals surface area contributed by atoms with E-state index in [1.807, 2.05) is 18.2 Å². The lowest BCUT2D eigenvalue weighted by molar-refractivity contribution is -0.161. The molecule has 2 atom stereocenters. The smallest absolute Gasteiger partial charge is 0.340 e. The minimum absolute atomic E-state index is 0.0485. The van der Waals surface area contributed by atoms with Gasteiger partial charge in [0.05, 0.1) is 0 Å². The molecule has 0 saturated heterocycles. The second kappa shape index (κ2) is 9.11.